The van der Waals surface area contributed by atoms with Crippen LogP contribution in [0.4, 0.5) is 27.5 Å². The number of aliphatic imine (C=N–C) groups is 1. The second-order valence-electron chi connectivity index (χ2n) is 13.0. The Morgan fingerprint density at radius 2 is 1.69 bits per heavy atom. The number of piperazine rings is 1. The third-order valence-electron chi connectivity index (χ3n) is 9.89. The number of nitrogens with two attached hydrogens (primary N) is 1. The molecule has 1 fully saturated rings. The van der Waals surface area contributed by atoms with Gasteiger partial charge in [0.1, 0.15) is 22.9 Å². The quantitative estimate of drug-likeness (QED) is 0.198. The third kappa shape index (κ3) is 6.87. The van der Waals surface area contributed by atoms with Crippen LogP contribution in [0.15, 0.2) is 70.7 Å². The number of nitrogens with zero attached hydrogens (tertiary/aromatic N) is 7. The maximum absolute atomic E-state index is 15.5. The van der Waals surface area contributed by atoms with Crippen molar-refractivity contribution in [2.45, 2.75) is 19.9 Å². The van der Waals surface area contributed by atoms with Crippen molar-refractivity contribution in [3.05, 3.63) is 99.2 Å². The fourth-order valence-corrected chi connectivity index (χ4v) is 7.05. The number of rotatable bonds is 11. The highest BCUT2D eigenvalue weighted by atomic mass is 19.1. The number of carboxylic acids is 1. The van der Waals surface area contributed by atoms with Crippen molar-refractivity contribution < 1.29 is 33.3 Å². The summed E-state index contributed by atoms with van der Waals surface area (Å²) >= 11 is 0. The number of methoxy groups -OCH3 is 3. The zero-order chi connectivity index (χ0) is 39.0. The molecule has 15 nitrogen and oxygen atoms in total. The molecular weight excluding hydrogens is 711 g/mol. The first-order chi connectivity index (χ1) is 26.5. The van der Waals surface area contributed by atoms with Gasteiger partial charge in [0.05, 0.1) is 44.9 Å². The number of carbonyl (C=O) groups excluding carboxylic acids is 1. The van der Waals surface area contributed by atoms with Gasteiger partial charge in [0.15, 0.2) is 11.5 Å². The van der Waals surface area contributed by atoms with Crippen LogP contribution in [0.25, 0.3) is 10.9 Å². The van der Waals surface area contributed by atoms with Gasteiger partial charge in [-0.25, -0.2) is 19.2 Å². The predicted molar refractivity (Wildman–Crippen MR) is 205 cm³/mol. The van der Waals surface area contributed by atoms with E-state index in [1.54, 1.807) is 35.9 Å². The number of hydrogen-bond donors (Lipinski definition) is 2. The van der Waals surface area contributed by atoms with E-state index < -0.39 is 22.8 Å². The molecule has 0 spiro atoms. The van der Waals surface area contributed by atoms with Crippen LogP contribution in [0.1, 0.15) is 34.0 Å². The average Bonchev–Trinajstić information content (AvgIpc) is 3.44. The molecule has 2 aliphatic rings. The maximum atomic E-state index is 15.5. The Balaban J connectivity index is 1.07. The van der Waals surface area contributed by atoms with Crippen LogP contribution >= 0.6 is 0 Å². The lowest BCUT2D eigenvalue weighted by atomic mass is 10.1. The number of aromatic carboxylic acids is 1. The van der Waals surface area contributed by atoms with Gasteiger partial charge in [-0.2, -0.15) is 4.98 Å². The summed E-state index contributed by atoms with van der Waals surface area (Å²) in [5.41, 5.74) is 9.04. The number of benzene rings is 3. The van der Waals surface area contributed by atoms with Gasteiger partial charge in [-0.1, -0.05) is 18.2 Å². The number of aromatic nitrogens is 3. The van der Waals surface area contributed by atoms with E-state index in [4.69, 9.17) is 19.9 Å². The van der Waals surface area contributed by atoms with Crippen LogP contribution in [-0.2, 0) is 17.8 Å². The number of carbonyl (C=O) groups is 2. The minimum atomic E-state index is -1.36. The topological polar surface area (TPSA) is 178 Å². The van der Waals surface area contributed by atoms with Gasteiger partial charge in [-0.15, -0.1) is 0 Å². The van der Waals surface area contributed by atoms with Gasteiger partial charge in [0.25, 0.3) is 11.9 Å². The number of nitrogen functional groups attached to an aromatic ring is 1. The summed E-state index contributed by atoms with van der Waals surface area (Å²) in [5, 5.41) is 9.50. The Kier molecular flexibility index (Phi) is 10.1. The van der Waals surface area contributed by atoms with Gasteiger partial charge in [-0.05, 0) is 42.8 Å². The molecule has 0 radical (unpaired) electrons. The summed E-state index contributed by atoms with van der Waals surface area (Å²) in [6, 6.07) is 13.7. The highest BCUT2D eigenvalue weighted by Crippen LogP contribution is 2.39. The number of fused-ring (bicyclic) bond motifs is 2. The van der Waals surface area contributed by atoms with Crippen LogP contribution in [0.3, 0.4) is 0 Å². The molecule has 4 heterocycles. The summed E-state index contributed by atoms with van der Waals surface area (Å²) in [4.78, 5) is 57.5. The van der Waals surface area contributed by atoms with Gasteiger partial charge in [0, 0.05) is 68.1 Å². The minimum absolute atomic E-state index is 0.0185. The molecule has 1 saturated heterocycles. The highest BCUT2D eigenvalue weighted by Gasteiger charge is 2.36. The van der Waals surface area contributed by atoms with Crippen molar-refractivity contribution in [1.29, 1.82) is 0 Å². The molecule has 7 rings (SSSR count). The molecule has 5 aromatic rings. The zero-order valence-corrected chi connectivity index (χ0v) is 30.7. The number of carboxylic acid groups (broad SMARTS) is 1. The first-order valence-corrected chi connectivity index (χ1v) is 17.5. The van der Waals surface area contributed by atoms with Crippen molar-refractivity contribution in [3.8, 4) is 17.2 Å². The van der Waals surface area contributed by atoms with E-state index in [9.17, 15) is 19.5 Å². The fourth-order valence-electron chi connectivity index (χ4n) is 7.05. The van der Waals surface area contributed by atoms with Crippen LogP contribution in [0, 0.1) is 5.82 Å². The first kappa shape index (κ1) is 36.8. The van der Waals surface area contributed by atoms with Crippen molar-refractivity contribution in [2.75, 3.05) is 69.7 Å². The van der Waals surface area contributed by atoms with Crippen molar-refractivity contribution in [1.82, 2.24) is 19.4 Å². The summed E-state index contributed by atoms with van der Waals surface area (Å²) in [7, 11) is 4.62. The number of anilines is 3. The molecule has 0 unspecified atom stereocenters. The van der Waals surface area contributed by atoms with E-state index in [1.165, 1.54) is 13.3 Å². The van der Waals surface area contributed by atoms with E-state index in [0.717, 1.165) is 11.6 Å². The predicted octanol–water partition coefficient (Wildman–Crippen LogP) is 4.09. The molecule has 0 bridgehead atoms. The molecule has 16 heteroatoms. The van der Waals surface area contributed by atoms with Crippen LogP contribution in [0.5, 0.6) is 17.2 Å². The largest absolute Gasteiger partial charge is 0.493 e. The standard InChI is InChI=1S/C39H39FN8O7/c1-5-46-20-26(38(51)52)34(49)25-17-27(40)30(18-29(25)46)47-12-10-45(11-13-47)21-48-28-9-7-6-8-24(28)33(37(48)50)43-39-42-19-23(36(41)44-39)14-22-15-31(53-2)35(55-4)32(16-22)54-3/h6-9,15-20H,5,10-14,21H2,1-4H3,(H,51,52)(H2,41,42,44)/b43-33-. The third-order valence-corrected chi connectivity index (χ3v) is 9.89. The Hall–Kier alpha value is -6.55. The molecule has 3 N–H and O–H groups in total. The Morgan fingerprint density at radius 1 is 0.982 bits per heavy atom. The number of aryl methyl sites for hydroxylation is 1. The molecule has 1 amide bonds. The van der Waals surface area contributed by atoms with E-state index in [0.29, 0.717) is 84.4 Å². The molecular formula is C39H39FN8O7. The van der Waals surface area contributed by atoms with Crippen molar-refractivity contribution >= 4 is 51.6 Å². The Labute approximate surface area is 315 Å². The van der Waals surface area contributed by atoms with E-state index in [-0.39, 0.29) is 35.4 Å². The highest BCUT2D eigenvalue weighted by molar-refractivity contribution is 6.54. The van der Waals surface area contributed by atoms with Crippen molar-refractivity contribution in [2.24, 2.45) is 4.99 Å². The minimum Gasteiger partial charge on any atom is -0.493 e. The normalized spacial score (nSPS) is 15.1. The van der Waals surface area contributed by atoms with Gasteiger partial charge < -0.3 is 34.5 Å². The van der Waals surface area contributed by atoms with Crippen LogP contribution in [-0.4, -0.2) is 96.3 Å². The summed E-state index contributed by atoms with van der Waals surface area (Å²) in [5.74, 6) is -0.533. The second-order valence-corrected chi connectivity index (χ2v) is 13.0. The maximum Gasteiger partial charge on any atom is 0.341 e. The van der Waals surface area contributed by atoms with Gasteiger partial charge in [0.2, 0.25) is 11.2 Å². The lowest BCUT2D eigenvalue weighted by molar-refractivity contribution is -0.112. The molecule has 0 atom stereocenters. The number of amides is 1. The fraction of sp³-hybridized carbons (Fsp3) is 0.282. The first-order valence-electron chi connectivity index (χ1n) is 17.5. The number of hydrogen-bond acceptors (Lipinski definition) is 12. The SMILES string of the molecule is CCn1cc(C(=O)O)c(=O)c2cc(F)c(N3CCN(CN4C(=O)/C(=N\c5ncc(Cc6cc(OC)c(OC)c(OC)c6)c(N)n5)c5ccccc54)CC3)cc21. The molecule has 55 heavy (non-hydrogen) atoms. The molecule has 2 aliphatic heterocycles. The molecule has 0 saturated carbocycles. The lowest BCUT2D eigenvalue weighted by Gasteiger charge is -2.38. The van der Waals surface area contributed by atoms with E-state index in [2.05, 4.69) is 19.9 Å². The summed E-state index contributed by atoms with van der Waals surface area (Å²) in [6.07, 6.45) is 3.26. The Morgan fingerprint density at radius 3 is 2.33 bits per heavy atom. The lowest BCUT2D eigenvalue weighted by Crippen LogP contribution is -2.51. The number of pyridine rings is 1. The van der Waals surface area contributed by atoms with Gasteiger partial charge in [-0.3, -0.25) is 19.4 Å². The summed E-state index contributed by atoms with van der Waals surface area (Å²) < 4.78 is 33.5. The Bertz CT molecular complexity index is 2400. The second kappa shape index (κ2) is 15.1. The molecule has 0 aliphatic carbocycles. The van der Waals surface area contributed by atoms with Crippen molar-refractivity contribution in [3.63, 3.8) is 0 Å². The molecule has 284 valence electrons. The zero-order valence-electron chi connectivity index (χ0n) is 30.7. The summed E-state index contributed by atoms with van der Waals surface area (Å²) in [6.45, 7) is 4.42. The molecule has 2 aromatic heterocycles. The smallest absolute Gasteiger partial charge is 0.341 e. The van der Waals surface area contributed by atoms with Crippen LogP contribution in [0.2, 0.25) is 0 Å². The number of halogens is 1. The van der Waals surface area contributed by atoms with Gasteiger partial charge >= 0.3 is 5.97 Å². The molecule has 3 aromatic carbocycles. The number of para-hydroxylation sites is 1. The average molecular weight is 751 g/mol. The number of ether oxygens (including phenoxy) is 3. The van der Waals surface area contributed by atoms with Crippen LogP contribution < -0.4 is 35.2 Å². The monoisotopic (exact) mass is 750 g/mol. The van der Waals surface area contributed by atoms with E-state index in [1.807, 2.05) is 48.2 Å². The van der Waals surface area contributed by atoms with E-state index >= 15 is 4.39 Å².